The van der Waals surface area contributed by atoms with E-state index in [2.05, 4.69) is 36.1 Å². The van der Waals surface area contributed by atoms with Crippen molar-refractivity contribution in [2.24, 2.45) is 0 Å². The molecule has 1 N–H and O–H groups in total. The Hall–Kier alpha value is -0.940. The Morgan fingerprint density at radius 2 is 2.27 bits per heavy atom. The van der Waals surface area contributed by atoms with Gasteiger partial charge in [-0.2, -0.15) is 0 Å². The van der Waals surface area contributed by atoms with Crippen LogP contribution in [0.3, 0.4) is 0 Å². The second-order valence-corrected chi connectivity index (χ2v) is 6.51. The molecule has 1 heterocycles. The molecule has 0 spiro atoms. The number of benzene rings is 1. The van der Waals surface area contributed by atoms with E-state index in [1.54, 1.807) is 0 Å². The largest absolute Gasteiger partial charge is 0.389 e. The van der Waals surface area contributed by atoms with E-state index in [4.69, 9.17) is 9.47 Å². The molecule has 1 aromatic carbocycles. The number of fused-ring (bicyclic) bond motifs is 1. The number of hydrogen-bond donors (Lipinski definition) is 1. The van der Waals surface area contributed by atoms with Crippen molar-refractivity contribution in [2.75, 3.05) is 32.8 Å². The maximum Gasteiger partial charge on any atom is 0.0900 e. The van der Waals surface area contributed by atoms with Crippen molar-refractivity contribution in [1.29, 1.82) is 0 Å². The first kappa shape index (κ1) is 15.9. The molecule has 2 aliphatic rings. The fourth-order valence-corrected chi connectivity index (χ4v) is 3.52. The molecule has 0 amide bonds. The summed E-state index contributed by atoms with van der Waals surface area (Å²) in [5.74, 6) is 0. The van der Waals surface area contributed by atoms with Gasteiger partial charge in [0, 0.05) is 19.6 Å². The third kappa shape index (κ3) is 4.07. The van der Waals surface area contributed by atoms with E-state index in [0.29, 0.717) is 13.2 Å². The lowest BCUT2D eigenvalue weighted by Crippen LogP contribution is -2.45. The van der Waals surface area contributed by atoms with Gasteiger partial charge < -0.3 is 14.6 Å². The number of nitrogens with zero attached hydrogens (tertiary/aromatic N) is 1. The Balaban J connectivity index is 1.48. The zero-order valence-corrected chi connectivity index (χ0v) is 13.4. The van der Waals surface area contributed by atoms with Gasteiger partial charge in [-0.15, -0.1) is 0 Å². The first-order valence-corrected chi connectivity index (χ1v) is 8.44. The van der Waals surface area contributed by atoms with Crippen LogP contribution in [-0.2, 0) is 15.9 Å². The monoisotopic (exact) mass is 305 g/mol. The number of aliphatic hydroxyl groups excluding tert-OH is 1. The smallest absolute Gasteiger partial charge is 0.0900 e. The molecule has 3 unspecified atom stereocenters. The normalized spacial score (nSPS) is 27.4. The van der Waals surface area contributed by atoms with Crippen LogP contribution in [-0.4, -0.2) is 55.1 Å². The van der Waals surface area contributed by atoms with Crippen molar-refractivity contribution < 1.29 is 14.6 Å². The number of morpholine rings is 1. The van der Waals surface area contributed by atoms with Crippen LogP contribution in [0.4, 0.5) is 0 Å². The molecule has 3 atom stereocenters. The number of hydrogen-bond acceptors (Lipinski definition) is 4. The molecule has 3 rings (SSSR count). The van der Waals surface area contributed by atoms with Crippen LogP contribution in [0, 0.1) is 0 Å². The molecule has 0 radical (unpaired) electrons. The SMILES string of the molecule is CC1CN(CC(O)COC2CCCc3ccccc32)CCO1. The zero-order valence-electron chi connectivity index (χ0n) is 13.4. The molecule has 0 aromatic heterocycles. The van der Waals surface area contributed by atoms with Gasteiger partial charge in [0.25, 0.3) is 0 Å². The Morgan fingerprint density at radius 3 is 3.14 bits per heavy atom. The highest BCUT2D eigenvalue weighted by atomic mass is 16.5. The summed E-state index contributed by atoms with van der Waals surface area (Å²) < 4.78 is 11.6. The van der Waals surface area contributed by atoms with Crippen LogP contribution in [0.15, 0.2) is 24.3 Å². The van der Waals surface area contributed by atoms with Gasteiger partial charge in [0.2, 0.25) is 0 Å². The van der Waals surface area contributed by atoms with Gasteiger partial charge in [0.05, 0.1) is 31.5 Å². The highest BCUT2D eigenvalue weighted by Gasteiger charge is 2.23. The molecule has 1 aliphatic carbocycles. The van der Waals surface area contributed by atoms with Crippen molar-refractivity contribution in [3.05, 3.63) is 35.4 Å². The van der Waals surface area contributed by atoms with Crippen molar-refractivity contribution in [3.63, 3.8) is 0 Å². The molecule has 1 aromatic rings. The molecule has 4 heteroatoms. The maximum absolute atomic E-state index is 10.3. The molecule has 0 saturated carbocycles. The summed E-state index contributed by atoms with van der Waals surface area (Å²) in [6.45, 7) is 5.70. The minimum atomic E-state index is -0.431. The van der Waals surface area contributed by atoms with Gasteiger partial charge >= 0.3 is 0 Å². The quantitative estimate of drug-likeness (QED) is 0.905. The molecule has 1 saturated heterocycles. The van der Waals surface area contributed by atoms with Crippen LogP contribution >= 0.6 is 0 Å². The Kier molecular flexibility index (Phi) is 5.47. The van der Waals surface area contributed by atoms with E-state index in [0.717, 1.165) is 32.5 Å². The number of ether oxygens (including phenoxy) is 2. The first-order chi connectivity index (χ1) is 10.7. The summed E-state index contributed by atoms with van der Waals surface area (Å²) in [6, 6.07) is 8.52. The molecule has 1 fully saturated rings. The van der Waals surface area contributed by atoms with Crippen LogP contribution in [0.1, 0.15) is 37.0 Å². The molecule has 122 valence electrons. The summed E-state index contributed by atoms with van der Waals surface area (Å²) in [4.78, 5) is 2.26. The van der Waals surface area contributed by atoms with Gasteiger partial charge in [-0.3, -0.25) is 4.90 Å². The third-order valence-electron chi connectivity index (χ3n) is 4.60. The Bertz CT molecular complexity index is 479. The fraction of sp³-hybridized carbons (Fsp3) is 0.667. The average molecular weight is 305 g/mol. The average Bonchev–Trinajstić information content (AvgIpc) is 2.53. The zero-order chi connectivity index (χ0) is 15.4. The number of aryl methyl sites for hydroxylation is 1. The van der Waals surface area contributed by atoms with E-state index in [9.17, 15) is 5.11 Å². The van der Waals surface area contributed by atoms with E-state index in [1.165, 1.54) is 17.5 Å². The number of β-amino-alcohol motifs (C(OH)–C–C–N with tert-alkyl or cyclic N) is 1. The molecule has 4 nitrogen and oxygen atoms in total. The summed E-state index contributed by atoms with van der Waals surface area (Å²) in [6.07, 6.45) is 3.33. The van der Waals surface area contributed by atoms with Gasteiger partial charge in [-0.1, -0.05) is 24.3 Å². The summed E-state index contributed by atoms with van der Waals surface area (Å²) >= 11 is 0. The highest BCUT2D eigenvalue weighted by Crippen LogP contribution is 2.32. The van der Waals surface area contributed by atoms with Crippen LogP contribution in [0.25, 0.3) is 0 Å². The van der Waals surface area contributed by atoms with Crippen molar-refractivity contribution in [3.8, 4) is 0 Å². The Morgan fingerprint density at radius 1 is 1.41 bits per heavy atom. The lowest BCUT2D eigenvalue weighted by atomic mass is 9.89. The van der Waals surface area contributed by atoms with E-state index in [1.807, 2.05) is 0 Å². The second kappa shape index (κ2) is 7.55. The van der Waals surface area contributed by atoms with E-state index >= 15 is 0 Å². The predicted molar refractivity (Wildman–Crippen MR) is 85.9 cm³/mol. The molecule has 1 aliphatic heterocycles. The Labute approximate surface area is 133 Å². The minimum Gasteiger partial charge on any atom is -0.389 e. The fourth-order valence-electron chi connectivity index (χ4n) is 3.52. The van der Waals surface area contributed by atoms with Crippen LogP contribution in [0.2, 0.25) is 0 Å². The van der Waals surface area contributed by atoms with Gasteiger partial charge in [0.15, 0.2) is 0 Å². The summed E-state index contributed by atoms with van der Waals surface area (Å²) in [7, 11) is 0. The topological polar surface area (TPSA) is 41.9 Å². The molecular weight excluding hydrogens is 278 g/mol. The number of rotatable bonds is 5. The minimum absolute atomic E-state index is 0.142. The molecular formula is C18H27NO3. The van der Waals surface area contributed by atoms with Gasteiger partial charge in [0.1, 0.15) is 0 Å². The number of aliphatic hydroxyl groups is 1. The lowest BCUT2D eigenvalue weighted by Gasteiger charge is -2.33. The summed E-state index contributed by atoms with van der Waals surface area (Å²) in [5, 5.41) is 10.3. The third-order valence-corrected chi connectivity index (χ3v) is 4.60. The standard InChI is InChI=1S/C18H27NO3/c1-14-11-19(9-10-21-14)12-16(20)13-22-18-8-4-6-15-5-2-3-7-17(15)18/h2-3,5,7,14,16,18,20H,4,6,8-13H2,1H3. The first-order valence-electron chi connectivity index (χ1n) is 8.44. The van der Waals surface area contributed by atoms with Crippen LogP contribution in [0.5, 0.6) is 0 Å². The summed E-state index contributed by atoms with van der Waals surface area (Å²) in [5.41, 5.74) is 2.70. The lowest BCUT2D eigenvalue weighted by molar-refractivity contribution is -0.0572. The van der Waals surface area contributed by atoms with E-state index in [-0.39, 0.29) is 12.2 Å². The molecule has 0 bridgehead atoms. The van der Waals surface area contributed by atoms with Gasteiger partial charge in [-0.25, -0.2) is 0 Å². The van der Waals surface area contributed by atoms with Crippen LogP contribution < -0.4 is 0 Å². The maximum atomic E-state index is 10.3. The van der Waals surface area contributed by atoms with Crippen molar-refractivity contribution in [2.45, 2.75) is 44.5 Å². The molecule has 22 heavy (non-hydrogen) atoms. The highest BCUT2D eigenvalue weighted by molar-refractivity contribution is 5.31. The van der Waals surface area contributed by atoms with E-state index < -0.39 is 6.10 Å². The predicted octanol–water partition coefficient (Wildman–Crippen LogP) is 2.16. The van der Waals surface area contributed by atoms with Gasteiger partial charge in [-0.05, 0) is 37.3 Å². The second-order valence-electron chi connectivity index (χ2n) is 6.51. The van der Waals surface area contributed by atoms with Crippen molar-refractivity contribution in [1.82, 2.24) is 4.90 Å². The van der Waals surface area contributed by atoms with Crippen molar-refractivity contribution >= 4 is 0 Å².